The van der Waals surface area contributed by atoms with Crippen LogP contribution in [-0.4, -0.2) is 25.4 Å². The van der Waals surface area contributed by atoms with Crippen molar-refractivity contribution in [1.29, 1.82) is 0 Å². The van der Waals surface area contributed by atoms with E-state index in [0.717, 1.165) is 18.1 Å². The monoisotopic (exact) mass is 342 g/mol. The Labute approximate surface area is 142 Å². The van der Waals surface area contributed by atoms with Crippen LogP contribution in [0.1, 0.15) is 54.4 Å². The Bertz CT molecular complexity index is 387. The molecule has 0 saturated heterocycles. The van der Waals surface area contributed by atoms with Crippen LogP contribution >= 0.6 is 0 Å². The van der Waals surface area contributed by atoms with Crippen molar-refractivity contribution in [1.82, 2.24) is 0 Å². The highest BCUT2D eigenvalue weighted by molar-refractivity contribution is 6.75. The van der Waals surface area contributed by atoms with Crippen molar-refractivity contribution >= 4 is 20.3 Å². The predicted molar refractivity (Wildman–Crippen MR) is 96.8 cm³/mol. The molecule has 0 fully saturated rings. The molecule has 0 aliphatic heterocycles. The van der Waals surface area contributed by atoms with E-state index in [1.807, 2.05) is 0 Å². The maximum Gasteiger partial charge on any atom is 0.330 e. The van der Waals surface area contributed by atoms with Crippen molar-refractivity contribution < 1.29 is 19.1 Å². The van der Waals surface area contributed by atoms with Gasteiger partial charge >= 0.3 is 5.97 Å². The van der Waals surface area contributed by atoms with Gasteiger partial charge in [-0.2, -0.15) is 0 Å². The summed E-state index contributed by atoms with van der Waals surface area (Å²) < 4.78 is 6.07. The largest absolute Gasteiger partial charge is 0.519 e. The van der Waals surface area contributed by atoms with E-state index >= 15 is 0 Å². The van der Waals surface area contributed by atoms with Crippen molar-refractivity contribution in [3.8, 4) is 0 Å². The molecule has 134 valence electrons. The second kappa shape index (κ2) is 9.91. The van der Waals surface area contributed by atoms with Crippen molar-refractivity contribution in [3.05, 3.63) is 12.2 Å². The summed E-state index contributed by atoms with van der Waals surface area (Å²) >= 11 is 0. The molecule has 0 aliphatic rings. The number of rotatable bonds is 11. The Morgan fingerprint density at radius 1 is 0.913 bits per heavy atom. The zero-order valence-corrected chi connectivity index (χ0v) is 16.6. The van der Waals surface area contributed by atoms with Gasteiger partial charge in [-0.15, -0.1) is 0 Å². The number of carbonyl (C=O) groups is 2. The number of carboxylic acid groups (broad SMARTS) is 1. The maximum absolute atomic E-state index is 12.3. The highest BCUT2D eigenvalue weighted by Crippen LogP contribution is 2.33. The lowest BCUT2D eigenvalue weighted by molar-refractivity contribution is -0.135. The van der Waals surface area contributed by atoms with Crippen LogP contribution in [0.5, 0.6) is 0 Å². The number of carboxylic acids is 1. The second-order valence-electron chi connectivity index (χ2n) is 7.86. The van der Waals surface area contributed by atoms with Crippen molar-refractivity contribution in [3.63, 3.8) is 0 Å². The fourth-order valence-corrected chi connectivity index (χ4v) is 9.06. The number of hydrogen-bond acceptors (Lipinski definition) is 3. The zero-order chi connectivity index (χ0) is 18.2. The van der Waals surface area contributed by atoms with Crippen LogP contribution in [0.2, 0.25) is 18.1 Å². The van der Waals surface area contributed by atoms with Gasteiger partial charge in [0.25, 0.3) is 14.3 Å². The highest BCUT2D eigenvalue weighted by atomic mass is 28.4. The topological polar surface area (TPSA) is 63.6 Å². The normalized spacial score (nSPS) is 12.0. The van der Waals surface area contributed by atoms with Gasteiger partial charge in [-0.05, 0) is 42.3 Å². The minimum atomic E-state index is -2.17. The Morgan fingerprint density at radius 3 is 1.61 bits per heavy atom. The fourth-order valence-electron chi connectivity index (χ4n) is 3.26. The number of aliphatic carboxylic acids is 1. The molecule has 0 rings (SSSR count). The van der Waals surface area contributed by atoms with Crippen LogP contribution in [0, 0.1) is 17.8 Å². The molecule has 0 aromatic carbocycles. The molecule has 0 aromatic rings. The second-order valence-corrected chi connectivity index (χ2v) is 11.7. The summed E-state index contributed by atoms with van der Waals surface area (Å²) in [6.07, 6.45) is 0.262. The Hall–Kier alpha value is -1.10. The molecular weight excluding hydrogens is 308 g/mol. The van der Waals surface area contributed by atoms with E-state index in [0.29, 0.717) is 17.8 Å². The van der Waals surface area contributed by atoms with E-state index in [4.69, 9.17) is 9.53 Å². The van der Waals surface area contributed by atoms with Crippen LogP contribution in [0.3, 0.4) is 0 Å². The van der Waals surface area contributed by atoms with Crippen LogP contribution in [0.15, 0.2) is 12.2 Å². The summed E-state index contributed by atoms with van der Waals surface area (Å²) in [5.41, 5.74) is 0.0609. The summed E-state index contributed by atoms with van der Waals surface area (Å²) in [6, 6.07) is 2.90. The fraction of sp³-hybridized carbons (Fsp3) is 0.778. The van der Waals surface area contributed by atoms with E-state index in [-0.39, 0.29) is 24.4 Å². The summed E-state index contributed by atoms with van der Waals surface area (Å²) in [4.78, 5) is 23.1. The van der Waals surface area contributed by atoms with E-state index in [1.165, 1.54) is 0 Å². The first-order valence-corrected chi connectivity index (χ1v) is 11.1. The van der Waals surface area contributed by atoms with Gasteiger partial charge in [0.2, 0.25) is 0 Å². The van der Waals surface area contributed by atoms with Crippen molar-refractivity contribution in [2.75, 3.05) is 0 Å². The standard InChI is InChI=1S/C18H34O4Si/c1-13(2)10-23(11-14(3)4,12-15(5)6)22-17(19)9-8-16(7)18(20)21/h13-15H,7-12H2,1-6H3,(H,20,21). The quantitative estimate of drug-likeness (QED) is 0.430. The predicted octanol–water partition coefficient (Wildman–Crippen LogP) is 4.86. The first kappa shape index (κ1) is 21.9. The average Bonchev–Trinajstić information content (AvgIpc) is 2.32. The molecule has 0 radical (unpaired) electrons. The summed E-state index contributed by atoms with van der Waals surface area (Å²) in [5, 5.41) is 8.84. The Kier molecular flexibility index (Phi) is 9.43. The molecule has 0 bridgehead atoms. The van der Waals surface area contributed by atoms with Gasteiger partial charge in [0.1, 0.15) is 0 Å². The molecule has 5 heteroatoms. The maximum atomic E-state index is 12.3. The van der Waals surface area contributed by atoms with Crippen LogP contribution in [-0.2, 0) is 14.0 Å². The van der Waals surface area contributed by atoms with E-state index < -0.39 is 14.3 Å². The molecule has 0 saturated carbocycles. The zero-order valence-electron chi connectivity index (χ0n) is 15.6. The molecule has 0 amide bonds. The van der Waals surface area contributed by atoms with Crippen LogP contribution in [0.25, 0.3) is 0 Å². The lowest BCUT2D eigenvalue weighted by atomic mass is 10.2. The summed E-state index contributed by atoms with van der Waals surface area (Å²) in [6.45, 7) is 16.5. The van der Waals surface area contributed by atoms with Gasteiger partial charge in [-0.3, -0.25) is 4.79 Å². The lowest BCUT2D eigenvalue weighted by Gasteiger charge is -2.35. The van der Waals surface area contributed by atoms with Crippen molar-refractivity contribution in [2.45, 2.75) is 72.5 Å². The third-order valence-electron chi connectivity index (χ3n) is 3.60. The molecule has 0 heterocycles. The molecular formula is C18H34O4Si. The van der Waals surface area contributed by atoms with Gasteiger partial charge in [-0.1, -0.05) is 48.1 Å². The first-order valence-electron chi connectivity index (χ1n) is 8.60. The van der Waals surface area contributed by atoms with Gasteiger partial charge in [0, 0.05) is 12.0 Å². The van der Waals surface area contributed by atoms with E-state index in [1.54, 1.807) is 0 Å². The lowest BCUT2D eigenvalue weighted by Crippen LogP contribution is -2.44. The number of carbonyl (C=O) groups excluding carboxylic acids is 1. The smallest absolute Gasteiger partial charge is 0.330 e. The van der Waals surface area contributed by atoms with Crippen molar-refractivity contribution in [2.24, 2.45) is 17.8 Å². The minimum absolute atomic E-state index is 0.0609. The molecule has 0 aliphatic carbocycles. The first-order chi connectivity index (χ1) is 10.5. The molecule has 0 spiro atoms. The van der Waals surface area contributed by atoms with Gasteiger partial charge in [-0.25, -0.2) is 4.79 Å². The van der Waals surface area contributed by atoms with Gasteiger partial charge < -0.3 is 9.53 Å². The number of hydrogen-bond donors (Lipinski definition) is 1. The average molecular weight is 343 g/mol. The Morgan fingerprint density at radius 2 is 1.30 bits per heavy atom. The van der Waals surface area contributed by atoms with E-state index in [2.05, 4.69) is 48.1 Å². The highest BCUT2D eigenvalue weighted by Gasteiger charge is 2.40. The molecule has 1 N–H and O–H groups in total. The summed E-state index contributed by atoms with van der Waals surface area (Å²) in [7, 11) is -2.17. The van der Waals surface area contributed by atoms with Gasteiger partial charge in [0.15, 0.2) is 0 Å². The SMILES string of the molecule is C=C(CCC(=O)O[Si](CC(C)C)(CC(C)C)CC(C)C)C(=O)O. The van der Waals surface area contributed by atoms with E-state index in [9.17, 15) is 9.59 Å². The third-order valence-corrected chi connectivity index (χ3v) is 8.95. The molecule has 23 heavy (non-hydrogen) atoms. The van der Waals surface area contributed by atoms with Crippen LogP contribution < -0.4 is 0 Å². The molecule has 0 unspecified atom stereocenters. The molecule has 0 aromatic heterocycles. The van der Waals surface area contributed by atoms with Gasteiger partial charge in [0.05, 0.1) is 0 Å². The third kappa shape index (κ3) is 9.59. The molecule has 0 atom stereocenters. The minimum Gasteiger partial charge on any atom is -0.519 e. The molecule has 4 nitrogen and oxygen atoms in total. The summed E-state index contributed by atoms with van der Waals surface area (Å²) in [5.74, 6) is 0.150. The Balaban J connectivity index is 5.05. The van der Waals surface area contributed by atoms with Crippen LogP contribution in [0.4, 0.5) is 0 Å².